The molecule has 0 saturated heterocycles. The summed E-state index contributed by atoms with van der Waals surface area (Å²) in [6.45, 7) is 0. The Labute approximate surface area is 66.4 Å². The summed E-state index contributed by atoms with van der Waals surface area (Å²) < 4.78 is 39.0. The molecule has 0 radical (unpaired) electrons. The molecule has 11 heavy (non-hydrogen) atoms. The van der Waals surface area contributed by atoms with Crippen LogP contribution in [0.2, 0.25) is 0 Å². The van der Waals surface area contributed by atoms with Gasteiger partial charge in [0.2, 0.25) is 0 Å². The first kappa shape index (κ1) is 10.3. The number of halogens is 4. The first-order valence-electron chi connectivity index (χ1n) is 2.56. The third-order valence-corrected chi connectivity index (χ3v) is 1.24. The summed E-state index contributed by atoms with van der Waals surface area (Å²) >= 11 is 1.56. The van der Waals surface area contributed by atoms with E-state index in [9.17, 15) is 17.3 Å². The van der Waals surface area contributed by atoms with Gasteiger partial charge in [0.1, 0.15) is 0 Å². The standard InChI is InChI=1S/C4H5NS.BF4/c5-4-2-1-3-6-4;2-1(3,4)5/h1-3H,5H2;/q;-1/p+1. The molecule has 7 heteroatoms. The molecule has 1 rings (SSSR count). The molecule has 1 aromatic heterocycles. The second kappa shape index (κ2) is 4.22. The molecule has 0 aromatic carbocycles. The average Bonchev–Trinajstić information content (AvgIpc) is 2.12. The van der Waals surface area contributed by atoms with E-state index in [1.54, 1.807) is 11.3 Å². The number of rotatable bonds is 0. The number of anilines is 1. The van der Waals surface area contributed by atoms with Crippen LogP contribution in [0.1, 0.15) is 1.43 Å². The smallest absolute Gasteiger partial charge is 0.418 e. The second-order valence-electron chi connectivity index (χ2n) is 1.51. The van der Waals surface area contributed by atoms with Crippen molar-refractivity contribution in [1.29, 1.82) is 0 Å². The fourth-order valence-electron chi connectivity index (χ4n) is 0.291. The number of nitrogen functional groups attached to an aromatic ring is 1. The number of hydrogen-bond donors (Lipinski definition) is 1. The molecule has 0 atom stereocenters. The molecule has 1 heterocycles. The van der Waals surface area contributed by atoms with Gasteiger partial charge in [0.05, 0.1) is 5.00 Å². The quantitative estimate of drug-likeness (QED) is 0.490. The Kier molecular flexibility index (Phi) is 3.95. The topological polar surface area (TPSA) is 26.0 Å². The van der Waals surface area contributed by atoms with Crippen molar-refractivity contribution in [2.45, 2.75) is 0 Å². The first-order chi connectivity index (χ1) is 4.89. The molecule has 0 unspecified atom stereocenters. The molecule has 1 nitrogen and oxygen atoms in total. The average molecular weight is 187 g/mol. The van der Waals surface area contributed by atoms with E-state index in [-0.39, 0.29) is 1.43 Å². The van der Waals surface area contributed by atoms with Gasteiger partial charge < -0.3 is 23.0 Å². The molecule has 0 fully saturated rings. The van der Waals surface area contributed by atoms with Gasteiger partial charge in [-0.3, -0.25) is 0 Å². The number of thiophene rings is 1. The fourth-order valence-corrected chi connectivity index (χ4v) is 0.763. The van der Waals surface area contributed by atoms with Gasteiger partial charge in [0, 0.05) is 0 Å². The molecule has 0 saturated carbocycles. The van der Waals surface area contributed by atoms with Crippen molar-refractivity contribution in [2.24, 2.45) is 0 Å². The van der Waals surface area contributed by atoms with E-state index in [0.29, 0.717) is 0 Å². The van der Waals surface area contributed by atoms with Crippen LogP contribution in [0.4, 0.5) is 22.3 Å². The van der Waals surface area contributed by atoms with E-state index in [0.717, 1.165) is 5.00 Å². The molecule has 64 valence electrons. The van der Waals surface area contributed by atoms with Crippen LogP contribution in [-0.4, -0.2) is 7.25 Å². The van der Waals surface area contributed by atoms with Crippen LogP contribution in [0.15, 0.2) is 17.5 Å². The lowest BCUT2D eigenvalue weighted by atomic mass is 10.3. The minimum Gasteiger partial charge on any atom is -0.418 e. The van der Waals surface area contributed by atoms with Crippen molar-refractivity contribution in [2.75, 3.05) is 5.73 Å². The first-order valence-corrected chi connectivity index (χ1v) is 3.44. The zero-order valence-electron chi connectivity index (χ0n) is 6.31. The third kappa shape index (κ3) is 12.5. The molecule has 0 aliphatic heterocycles. The number of nitrogens with two attached hydrogens (primary N) is 1. The molecular weight excluding hydrogens is 181 g/mol. The highest BCUT2D eigenvalue weighted by Gasteiger charge is 2.20. The normalized spacial score (nSPS) is 10.2. The van der Waals surface area contributed by atoms with Crippen LogP contribution in [0.25, 0.3) is 0 Å². The van der Waals surface area contributed by atoms with E-state index in [4.69, 9.17) is 5.73 Å². The Morgan fingerprint density at radius 3 is 1.91 bits per heavy atom. The Morgan fingerprint density at radius 2 is 1.82 bits per heavy atom. The van der Waals surface area contributed by atoms with Crippen molar-refractivity contribution in [1.82, 2.24) is 0 Å². The van der Waals surface area contributed by atoms with Crippen molar-refractivity contribution in [3.8, 4) is 0 Å². The Bertz CT molecular complexity index is 183. The third-order valence-electron chi connectivity index (χ3n) is 0.543. The molecule has 0 spiro atoms. The maximum absolute atomic E-state index is 9.75. The second-order valence-corrected chi connectivity index (χ2v) is 2.49. The summed E-state index contributed by atoms with van der Waals surface area (Å²) in [7, 11) is -6.00. The maximum Gasteiger partial charge on any atom is 1.00 e. The van der Waals surface area contributed by atoms with Crippen LogP contribution in [-0.2, 0) is 0 Å². The Morgan fingerprint density at radius 1 is 1.36 bits per heavy atom. The van der Waals surface area contributed by atoms with Crippen molar-refractivity contribution in [3.05, 3.63) is 17.5 Å². The summed E-state index contributed by atoms with van der Waals surface area (Å²) in [5.74, 6) is 0. The summed E-state index contributed by atoms with van der Waals surface area (Å²) in [5.41, 5.74) is 5.30. The molecule has 1 aromatic rings. The van der Waals surface area contributed by atoms with Gasteiger partial charge in [-0.2, -0.15) is 0 Å². The predicted octanol–water partition coefficient (Wildman–Crippen LogP) is 2.74. The largest absolute Gasteiger partial charge is 1.00 e. The van der Waals surface area contributed by atoms with Gasteiger partial charge in [0.15, 0.2) is 0 Å². The van der Waals surface area contributed by atoms with Crippen molar-refractivity contribution in [3.63, 3.8) is 0 Å². The van der Waals surface area contributed by atoms with E-state index < -0.39 is 7.25 Å². The zero-order chi connectivity index (χ0) is 8.91. The van der Waals surface area contributed by atoms with Gasteiger partial charge in [-0.1, -0.05) is 0 Å². The maximum atomic E-state index is 9.75. The highest BCUT2D eigenvalue weighted by molar-refractivity contribution is 7.13. The summed E-state index contributed by atoms with van der Waals surface area (Å²) in [6, 6.07) is 3.81. The van der Waals surface area contributed by atoms with Crippen molar-refractivity contribution < 1.29 is 18.7 Å². The lowest BCUT2D eigenvalue weighted by Gasteiger charge is -1.94. The lowest BCUT2D eigenvalue weighted by molar-refractivity contribution is 0.368. The highest BCUT2D eigenvalue weighted by atomic mass is 32.1. The van der Waals surface area contributed by atoms with E-state index in [1.807, 2.05) is 17.5 Å². The molecule has 0 aliphatic rings. The minimum absolute atomic E-state index is 0. The van der Waals surface area contributed by atoms with Gasteiger partial charge in [-0.25, -0.2) is 0 Å². The molecule has 0 bridgehead atoms. The molecule has 2 N–H and O–H groups in total. The molecule has 0 amide bonds. The van der Waals surface area contributed by atoms with Crippen LogP contribution >= 0.6 is 11.3 Å². The van der Waals surface area contributed by atoms with Crippen LogP contribution in [0.5, 0.6) is 0 Å². The summed E-state index contributed by atoms with van der Waals surface area (Å²) in [6.07, 6.45) is 0. The lowest BCUT2D eigenvalue weighted by Crippen LogP contribution is -2.02. The van der Waals surface area contributed by atoms with E-state index in [1.165, 1.54) is 0 Å². The van der Waals surface area contributed by atoms with Crippen LogP contribution in [0.3, 0.4) is 0 Å². The highest BCUT2D eigenvalue weighted by Crippen LogP contribution is 2.08. The van der Waals surface area contributed by atoms with Crippen LogP contribution in [0, 0.1) is 0 Å². The monoisotopic (exact) mass is 187 g/mol. The van der Waals surface area contributed by atoms with Crippen LogP contribution < -0.4 is 5.73 Å². The summed E-state index contributed by atoms with van der Waals surface area (Å²) in [4.78, 5) is 0. The molecular formula is C4H6BF4NS. The Hall–Kier alpha value is -0.715. The Balaban J connectivity index is 0. The molecule has 0 aliphatic carbocycles. The fraction of sp³-hybridized carbons (Fsp3) is 0. The van der Waals surface area contributed by atoms with Crippen molar-refractivity contribution >= 4 is 23.6 Å². The van der Waals surface area contributed by atoms with Gasteiger partial charge >= 0.3 is 8.68 Å². The van der Waals surface area contributed by atoms with E-state index >= 15 is 0 Å². The predicted molar refractivity (Wildman–Crippen MR) is 40.0 cm³/mol. The van der Waals surface area contributed by atoms with E-state index in [2.05, 4.69) is 0 Å². The minimum atomic E-state index is -6.00. The van der Waals surface area contributed by atoms with Gasteiger partial charge in [0.25, 0.3) is 0 Å². The zero-order valence-corrected chi connectivity index (χ0v) is 6.12. The SMILES string of the molecule is F[B-](F)(F)F.Nc1cccs1.[H+]. The van der Waals surface area contributed by atoms with Gasteiger partial charge in [-0.05, 0) is 17.5 Å². The summed E-state index contributed by atoms with van der Waals surface area (Å²) in [5, 5.41) is 2.84. The van der Waals surface area contributed by atoms with Gasteiger partial charge in [-0.15, -0.1) is 11.3 Å². The number of hydrogen-bond acceptors (Lipinski definition) is 2.